The zero-order chi connectivity index (χ0) is 25.0. The van der Waals surface area contributed by atoms with Gasteiger partial charge in [0, 0.05) is 37.9 Å². The van der Waals surface area contributed by atoms with Crippen LogP contribution in [0.1, 0.15) is 5.56 Å². The van der Waals surface area contributed by atoms with Gasteiger partial charge in [0.1, 0.15) is 11.9 Å². The van der Waals surface area contributed by atoms with Crippen molar-refractivity contribution in [2.24, 2.45) is 0 Å². The first kappa shape index (κ1) is 25.1. The Bertz CT molecular complexity index is 1070. The first-order valence-corrected chi connectivity index (χ1v) is 10.0. The topological polar surface area (TPSA) is 72.9 Å². The molecule has 1 fully saturated rings. The molecule has 2 N–H and O–H groups in total. The predicted molar refractivity (Wildman–Crippen MR) is 109 cm³/mol. The molecular weight excluding hydrogens is 468 g/mol. The molecule has 1 atom stereocenters. The maximum atomic E-state index is 13.7. The van der Waals surface area contributed by atoms with Crippen molar-refractivity contribution in [3.05, 3.63) is 70.8 Å². The van der Waals surface area contributed by atoms with E-state index in [1.807, 2.05) is 4.90 Å². The van der Waals surface area contributed by atoms with Crippen LogP contribution >= 0.6 is 0 Å². The monoisotopic (exact) mass is 487 g/mol. The number of piperazine rings is 1. The van der Waals surface area contributed by atoms with Crippen LogP contribution in [0.2, 0.25) is 0 Å². The number of carbonyl (C=O) groups excluding carboxylic acids is 2. The molecule has 6 nitrogen and oxygen atoms in total. The number of nitrogens with zero attached hydrogens (tertiary/aromatic N) is 2. The Labute approximate surface area is 190 Å². The van der Waals surface area contributed by atoms with Crippen molar-refractivity contribution in [1.29, 1.82) is 0 Å². The lowest BCUT2D eigenvalue weighted by Crippen LogP contribution is -2.56. The van der Waals surface area contributed by atoms with Gasteiger partial charge in [0.25, 0.3) is 0 Å². The van der Waals surface area contributed by atoms with Gasteiger partial charge in [0.2, 0.25) is 17.6 Å². The molecule has 0 bridgehead atoms. The summed E-state index contributed by atoms with van der Waals surface area (Å²) in [6.07, 6.45) is 0.868. The van der Waals surface area contributed by atoms with Crippen LogP contribution in [0.25, 0.3) is 6.08 Å². The molecule has 0 aromatic heterocycles. The average Bonchev–Trinajstić information content (AvgIpc) is 2.85. The standard InChI is InChI=1S/C22H19F6N3O3/c23-12-1-3-13(4-2-12)30-7-9-31(10-8-30)22(34)15(11-32)29-16(33)6-5-14-17(24)19(26)21(28)20(27)18(14)25/h1-6,15,32H,7-11H2,(H,29,33)/t15-/m0/s1. The van der Waals surface area contributed by atoms with Gasteiger partial charge >= 0.3 is 0 Å². The van der Waals surface area contributed by atoms with Crippen LogP contribution in [0, 0.1) is 34.9 Å². The van der Waals surface area contributed by atoms with Crippen molar-refractivity contribution in [2.75, 3.05) is 37.7 Å². The van der Waals surface area contributed by atoms with Crippen molar-refractivity contribution in [3.63, 3.8) is 0 Å². The molecule has 1 heterocycles. The molecule has 0 radical (unpaired) electrons. The quantitative estimate of drug-likeness (QED) is 0.284. The first-order chi connectivity index (χ1) is 16.1. The lowest BCUT2D eigenvalue weighted by atomic mass is 10.1. The number of aliphatic hydroxyl groups excluding tert-OH is 1. The van der Waals surface area contributed by atoms with Gasteiger partial charge in [-0.3, -0.25) is 9.59 Å². The normalized spacial score (nSPS) is 15.0. The van der Waals surface area contributed by atoms with Crippen molar-refractivity contribution in [1.82, 2.24) is 10.2 Å². The molecule has 182 valence electrons. The van der Waals surface area contributed by atoms with Crippen LogP contribution in [0.4, 0.5) is 32.0 Å². The third-order valence-corrected chi connectivity index (χ3v) is 5.23. The molecular formula is C22H19F6N3O3. The number of hydrogen-bond acceptors (Lipinski definition) is 4. The number of nitrogens with one attached hydrogen (secondary N) is 1. The number of benzene rings is 2. The zero-order valence-corrected chi connectivity index (χ0v) is 17.5. The summed E-state index contributed by atoms with van der Waals surface area (Å²) in [7, 11) is 0. The molecule has 12 heteroatoms. The van der Waals surface area contributed by atoms with Crippen LogP contribution in [0.3, 0.4) is 0 Å². The SMILES string of the molecule is O=C(C=Cc1c(F)c(F)c(F)c(F)c1F)N[C@@H](CO)C(=O)N1CCN(c2ccc(F)cc2)CC1. The number of carbonyl (C=O) groups is 2. The number of halogens is 6. The summed E-state index contributed by atoms with van der Waals surface area (Å²) < 4.78 is 80.1. The molecule has 1 saturated heterocycles. The molecule has 0 spiro atoms. The second kappa shape index (κ2) is 10.6. The van der Waals surface area contributed by atoms with E-state index in [2.05, 4.69) is 5.32 Å². The van der Waals surface area contributed by atoms with Gasteiger partial charge in [0.05, 0.1) is 12.2 Å². The number of rotatable bonds is 6. The van der Waals surface area contributed by atoms with Crippen molar-refractivity contribution in [3.8, 4) is 0 Å². The van der Waals surface area contributed by atoms with Gasteiger partial charge in [-0.25, -0.2) is 26.3 Å². The number of anilines is 1. The van der Waals surface area contributed by atoms with Crippen LogP contribution < -0.4 is 10.2 Å². The van der Waals surface area contributed by atoms with E-state index in [0.717, 1.165) is 5.69 Å². The van der Waals surface area contributed by atoms with Gasteiger partial charge in [-0.1, -0.05) is 0 Å². The maximum Gasteiger partial charge on any atom is 0.247 e. The fourth-order valence-electron chi connectivity index (χ4n) is 3.39. The van der Waals surface area contributed by atoms with E-state index in [-0.39, 0.29) is 18.9 Å². The lowest BCUT2D eigenvalue weighted by Gasteiger charge is -2.37. The summed E-state index contributed by atoms with van der Waals surface area (Å²) in [5, 5.41) is 11.6. The van der Waals surface area contributed by atoms with Gasteiger partial charge in [-0.2, -0.15) is 0 Å². The molecule has 0 unspecified atom stereocenters. The Morgan fingerprint density at radius 1 is 0.882 bits per heavy atom. The van der Waals surface area contributed by atoms with E-state index in [1.54, 1.807) is 12.1 Å². The average molecular weight is 487 g/mol. The summed E-state index contributed by atoms with van der Waals surface area (Å²) in [5.74, 6) is -13.0. The minimum Gasteiger partial charge on any atom is -0.394 e. The van der Waals surface area contributed by atoms with Gasteiger partial charge in [0.15, 0.2) is 23.3 Å². The Balaban J connectivity index is 1.61. The molecule has 1 aliphatic heterocycles. The van der Waals surface area contributed by atoms with Crippen LogP contribution in [-0.2, 0) is 9.59 Å². The highest BCUT2D eigenvalue weighted by Crippen LogP contribution is 2.24. The minimum absolute atomic E-state index is 0.239. The third kappa shape index (κ3) is 5.33. The maximum absolute atomic E-state index is 13.7. The number of aliphatic hydroxyl groups is 1. The van der Waals surface area contributed by atoms with E-state index in [0.29, 0.717) is 25.2 Å². The predicted octanol–water partition coefficient (Wildman–Crippen LogP) is 2.36. The second-order valence-corrected chi connectivity index (χ2v) is 7.35. The lowest BCUT2D eigenvalue weighted by molar-refractivity contribution is -0.137. The van der Waals surface area contributed by atoms with Crippen LogP contribution in [0.15, 0.2) is 30.3 Å². The molecule has 1 aliphatic rings. The zero-order valence-electron chi connectivity index (χ0n) is 17.5. The van der Waals surface area contributed by atoms with Crippen molar-refractivity contribution >= 4 is 23.6 Å². The first-order valence-electron chi connectivity index (χ1n) is 10.0. The number of hydrogen-bond donors (Lipinski definition) is 2. The Hall–Kier alpha value is -3.54. The van der Waals surface area contributed by atoms with Gasteiger partial charge in [-0.05, 0) is 30.3 Å². The van der Waals surface area contributed by atoms with E-state index in [4.69, 9.17) is 0 Å². The van der Waals surface area contributed by atoms with Crippen molar-refractivity contribution in [2.45, 2.75) is 6.04 Å². The molecule has 0 saturated carbocycles. The van der Waals surface area contributed by atoms with Gasteiger partial charge in [-0.15, -0.1) is 0 Å². The molecule has 2 aromatic rings. The van der Waals surface area contributed by atoms with Crippen LogP contribution in [0.5, 0.6) is 0 Å². The summed E-state index contributed by atoms with van der Waals surface area (Å²) >= 11 is 0. The summed E-state index contributed by atoms with van der Waals surface area (Å²) in [6.45, 7) is 0.498. The smallest absolute Gasteiger partial charge is 0.247 e. The fraction of sp³-hybridized carbons (Fsp3) is 0.273. The second-order valence-electron chi connectivity index (χ2n) is 7.35. The summed E-state index contributed by atoms with van der Waals surface area (Å²) in [4.78, 5) is 28.0. The third-order valence-electron chi connectivity index (χ3n) is 5.23. The van der Waals surface area contributed by atoms with E-state index in [1.165, 1.54) is 17.0 Å². The Morgan fingerprint density at radius 2 is 1.41 bits per heavy atom. The number of amides is 2. The van der Waals surface area contributed by atoms with Gasteiger partial charge < -0.3 is 20.2 Å². The Morgan fingerprint density at radius 3 is 1.94 bits per heavy atom. The molecule has 0 aliphatic carbocycles. The molecule has 34 heavy (non-hydrogen) atoms. The van der Waals surface area contributed by atoms with E-state index < -0.39 is 59.1 Å². The summed E-state index contributed by atoms with van der Waals surface area (Å²) in [5.41, 5.74) is -0.561. The highest BCUT2D eigenvalue weighted by atomic mass is 19.2. The largest absolute Gasteiger partial charge is 0.394 e. The van der Waals surface area contributed by atoms with E-state index >= 15 is 0 Å². The highest BCUT2D eigenvalue weighted by molar-refractivity contribution is 5.95. The molecule has 3 rings (SSSR count). The molecule has 2 aromatic carbocycles. The summed E-state index contributed by atoms with van der Waals surface area (Å²) in [6, 6.07) is 4.42. The Kier molecular flexibility index (Phi) is 7.82. The molecule has 2 amide bonds. The van der Waals surface area contributed by atoms with Crippen molar-refractivity contribution < 1.29 is 41.0 Å². The minimum atomic E-state index is -2.33. The van der Waals surface area contributed by atoms with Crippen LogP contribution in [-0.4, -0.2) is 60.6 Å². The highest BCUT2D eigenvalue weighted by Gasteiger charge is 2.28. The van der Waals surface area contributed by atoms with E-state index in [9.17, 15) is 41.0 Å². The fourth-order valence-corrected chi connectivity index (χ4v) is 3.39.